The van der Waals surface area contributed by atoms with Crippen molar-refractivity contribution in [1.82, 2.24) is 20.2 Å². The summed E-state index contributed by atoms with van der Waals surface area (Å²) in [6.07, 6.45) is 12.2. The predicted octanol–water partition coefficient (Wildman–Crippen LogP) is 7.02. The van der Waals surface area contributed by atoms with Crippen molar-refractivity contribution in [3.63, 3.8) is 0 Å². The monoisotopic (exact) mass is 559 g/mol. The first-order chi connectivity index (χ1) is 19.6. The molecule has 0 amide bonds. The van der Waals surface area contributed by atoms with Crippen molar-refractivity contribution >= 4 is 40.4 Å². The average Bonchev–Trinajstić information content (AvgIpc) is 2.96. The van der Waals surface area contributed by atoms with Crippen LogP contribution in [0.2, 0.25) is 5.02 Å². The number of hydrogen-bond acceptors (Lipinski definition) is 7. The SMILES string of the molecule is Cc1cc(N2CCC(N3CCCCC3)CC2)ccc1Nc1ncc(Cl)c(Nc2ccccc2CNC2CCC2)n1. The Labute approximate surface area is 243 Å². The Morgan fingerprint density at radius 2 is 1.68 bits per heavy atom. The van der Waals surface area contributed by atoms with E-state index in [2.05, 4.69) is 74.1 Å². The number of aromatic nitrogens is 2. The van der Waals surface area contributed by atoms with Gasteiger partial charge >= 0.3 is 0 Å². The highest BCUT2D eigenvalue weighted by Gasteiger charge is 2.26. The van der Waals surface area contributed by atoms with Crippen LogP contribution in [-0.4, -0.2) is 53.1 Å². The molecule has 2 saturated heterocycles. The summed E-state index contributed by atoms with van der Waals surface area (Å²) in [5, 5.41) is 11.0. The molecule has 2 aliphatic heterocycles. The Bertz CT molecular complexity index is 1280. The Kier molecular flexibility index (Phi) is 8.71. The molecular formula is C32H42ClN7. The molecule has 3 aliphatic rings. The van der Waals surface area contributed by atoms with Crippen LogP contribution in [0.4, 0.5) is 28.8 Å². The van der Waals surface area contributed by atoms with Gasteiger partial charge in [0.1, 0.15) is 5.02 Å². The molecule has 2 aromatic carbocycles. The standard InChI is InChI=1S/C32H42ClN7/c1-23-20-27(40-18-14-26(15-19-40)39-16-5-2-6-17-39)12-13-29(23)37-32-35-22-28(33)31(38-32)36-30-11-4-3-8-24(30)21-34-25-9-7-10-25/h3-4,8,11-13,20,22,25-26,34H,2,5-7,9-10,14-19,21H2,1H3,(H2,35,36,37,38). The number of nitrogens with one attached hydrogen (secondary N) is 3. The molecule has 0 bridgehead atoms. The Hall–Kier alpha value is -2.87. The number of halogens is 1. The number of hydrogen-bond donors (Lipinski definition) is 3. The van der Waals surface area contributed by atoms with E-state index < -0.39 is 0 Å². The van der Waals surface area contributed by atoms with Crippen molar-refractivity contribution < 1.29 is 0 Å². The fourth-order valence-corrected chi connectivity index (χ4v) is 6.32. The van der Waals surface area contributed by atoms with E-state index in [4.69, 9.17) is 16.6 Å². The quantitative estimate of drug-likeness (QED) is 0.260. The van der Waals surface area contributed by atoms with Gasteiger partial charge in [-0.15, -0.1) is 0 Å². The topological polar surface area (TPSA) is 68.3 Å². The van der Waals surface area contributed by atoms with Gasteiger partial charge in [0.15, 0.2) is 5.82 Å². The lowest BCUT2D eigenvalue weighted by Crippen LogP contribution is -2.46. The van der Waals surface area contributed by atoms with Crippen LogP contribution in [0.15, 0.2) is 48.7 Å². The third-order valence-corrected chi connectivity index (χ3v) is 9.17. The fourth-order valence-electron chi connectivity index (χ4n) is 6.18. The van der Waals surface area contributed by atoms with E-state index in [1.165, 1.54) is 81.3 Å². The molecule has 0 unspecified atom stereocenters. The van der Waals surface area contributed by atoms with E-state index in [9.17, 15) is 0 Å². The minimum atomic E-state index is 0.493. The normalized spacial score (nSPS) is 18.9. The third kappa shape index (κ3) is 6.54. The van der Waals surface area contributed by atoms with Crippen molar-refractivity contribution in [2.45, 2.75) is 76.9 Å². The van der Waals surface area contributed by atoms with E-state index in [0.717, 1.165) is 37.1 Å². The van der Waals surface area contributed by atoms with Gasteiger partial charge in [0, 0.05) is 48.8 Å². The van der Waals surface area contributed by atoms with Crippen molar-refractivity contribution in [3.05, 3.63) is 64.8 Å². The van der Waals surface area contributed by atoms with Gasteiger partial charge in [0.05, 0.1) is 6.20 Å². The fraction of sp³-hybridized carbons (Fsp3) is 0.500. The molecule has 3 fully saturated rings. The van der Waals surface area contributed by atoms with Crippen LogP contribution in [0.25, 0.3) is 0 Å². The minimum Gasteiger partial charge on any atom is -0.371 e. The van der Waals surface area contributed by atoms with Gasteiger partial charge < -0.3 is 25.8 Å². The molecule has 0 spiro atoms. The van der Waals surface area contributed by atoms with E-state index >= 15 is 0 Å². The molecule has 3 N–H and O–H groups in total. The number of nitrogens with zero attached hydrogens (tertiary/aromatic N) is 4. The van der Waals surface area contributed by atoms with E-state index in [-0.39, 0.29) is 0 Å². The predicted molar refractivity (Wildman–Crippen MR) is 166 cm³/mol. The van der Waals surface area contributed by atoms with Crippen molar-refractivity contribution in [2.75, 3.05) is 41.7 Å². The second kappa shape index (κ2) is 12.8. The molecule has 3 aromatic rings. The molecule has 1 aromatic heterocycles. The average molecular weight is 560 g/mol. The lowest BCUT2D eigenvalue weighted by atomic mass is 9.93. The van der Waals surface area contributed by atoms with Gasteiger partial charge in [-0.1, -0.05) is 42.6 Å². The maximum atomic E-state index is 6.52. The Morgan fingerprint density at radius 1 is 0.875 bits per heavy atom. The first-order valence-electron chi connectivity index (χ1n) is 15.1. The highest BCUT2D eigenvalue weighted by atomic mass is 35.5. The number of likely N-dealkylation sites (tertiary alicyclic amines) is 1. The summed E-state index contributed by atoms with van der Waals surface area (Å²) in [7, 11) is 0. The second-order valence-electron chi connectivity index (χ2n) is 11.6. The summed E-state index contributed by atoms with van der Waals surface area (Å²) >= 11 is 6.52. The number of rotatable bonds is 9. The molecule has 0 atom stereocenters. The molecule has 1 saturated carbocycles. The first-order valence-corrected chi connectivity index (χ1v) is 15.5. The summed E-state index contributed by atoms with van der Waals surface area (Å²) in [6.45, 7) is 7.80. The zero-order valence-corrected chi connectivity index (χ0v) is 24.4. The molecule has 6 rings (SSSR count). The number of piperidine rings is 2. The lowest BCUT2D eigenvalue weighted by Gasteiger charge is -2.41. The largest absolute Gasteiger partial charge is 0.371 e. The zero-order valence-electron chi connectivity index (χ0n) is 23.6. The van der Waals surface area contributed by atoms with Gasteiger partial charge in [0.25, 0.3) is 0 Å². The van der Waals surface area contributed by atoms with Crippen LogP contribution in [0.1, 0.15) is 62.5 Å². The number of benzene rings is 2. The van der Waals surface area contributed by atoms with Crippen LogP contribution in [0.3, 0.4) is 0 Å². The minimum absolute atomic E-state index is 0.493. The lowest BCUT2D eigenvalue weighted by molar-refractivity contribution is 0.141. The Morgan fingerprint density at radius 3 is 2.42 bits per heavy atom. The molecule has 1 aliphatic carbocycles. The van der Waals surface area contributed by atoms with Crippen molar-refractivity contribution in [2.24, 2.45) is 0 Å². The second-order valence-corrected chi connectivity index (χ2v) is 12.0. The zero-order chi connectivity index (χ0) is 27.3. The highest BCUT2D eigenvalue weighted by Crippen LogP contribution is 2.31. The van der Waals surface area contributed by atoms with Gasteiger partial charge in [0.2, 0.25) is 5.95 Å². The summed E-state index contributed by atoms with van der Waals surface area (Å²) in [5.41, 5.74) is 5.68. The first kappa shape index (κ1) is 27.3. The third-order valence-electron chi connectivity index (χ3n) is 8.89. The number of para-hydroxylation sites is 1. The highest BCUT2D eigenvalue weighted by molar-refractivity contribution is 6.32. The maximum absolute atomic E-state index is 6.52. The van der Waals surface area contributed by atoms with Crippen molar-refractivity contribution in [1.29, 1.82) is 0 Å². The van der Waals surface area contributed by atoms with E-state index in [0.29, 0.717) is 22.8 Å². The van der Waals surface area contributed by atoms with Gasteiger partial charge in [-0.05, 0) is 93.9 Å². The van der Waals surface area contributed by atoms with Crippen molar-refractivity contribution in [3.8, 4) is 0 Å². The maximum Gasteiger partial charge on any atom is 0.229 e. The molecule has 3 heterocycles. The van der Waals surface area contributed by atoms with Gasteiger partial charge in [-0.25, -0.2) is 4.98 Å². The summed E-state index contributed by atoms with van der Waals surface area (Å²) < 4.78 is 0. The summed E-state index contributed by atoms with van der Waals surface area (Å²) in [5.74, 6) is 1.12. The van der Waals surface area contributed by atoms with Crippen LogP contribution in [0.5, 0.6) is 0 Å². The van der Waals surface area contributed by atoms with Crippen LogP contribution < -0.4 is 20.9 Å². The van der Waals surface area contributed by atoms with Gasteiger partial charge in [-0.2, -0.15) is 4.98 Å². The summed E-state index contributed by atoms with van der Waals surface area (Å²) in [6, 6.07) is 16.4. The van der Waals surface area contributed by atoms with E-state index in [1.807, 2.05) is 6.07 Å². The molecule has 212 valence electrons. The molecule has 7 nitrogen and oxygen atoms in total. The molecule has 0 radical (unpaired) electrons. The van der Waals surface area contributed by atoms with E-state index in [1.54, 1.807) is 6.20 Å². The molecule has 40 heavy (non-hydrogen) atoms. The number of anilines is 5. The van der Waals surface area contributed by atoms with Gasteiger partial charge in [-0.3, -0.25) is 0 Å². The van der Waals surface area contributed by atoms with Crippen LogP contribution >= 0.6 is 11.6 Å². The van der Waals surface area contributed by atoms with Crippen LogP contribution in [0, 0.1) is 6.92 Å². The molecular weight excluding hydrogens is 518 g/mol. The van der Waals surface area contributed by atoms with Crippen LogP contribution in [-0.2, 0) is 6.54 Å². The Balaban J connectivity index is 1.09. The number of aryl methyl sites for hydroxylation is 1. The smallest absolute Gasteiger partial charge is 0.229 e. The molecule has 8 heteroatoms. The summed E-state index contributed by atoms with van der Waals surface area (Å²) in [4.78, 5) is 14.5.